The summed E-state index contributed by atoms with van der Waals surface area (Å²) in [6.45, 7) is 7.54. The monoisotopic (exact) mass is 226 g/mol. The van der Waals surface area contributed by atoms with Gasteiger partial charge < -0.3 is 14.5 Å². The summed E-state index contributed by atoms with van der Waals surface area (Å²) in [5.74, 6) is 0.402. The Labute approximate surface area is 95.4 Å². The molecule has 0 spiro atoms. The van der Waals surface area contributed by atoms with Crippen LogP contribution in [0.1, 0.15) is 27.2 Å². The Morgan fingerprint density at radius 1 is 1.56 bits per heavy atom. The molecule has 5 nitrogen and oxygen atoms in total. The summed E-state index contributed by atoms with van der Waals surface area (Å²) in [6, 6.07) is 0. The number of hydrogen-bond acceptors (Lipinski definition) is 4. The van der Waals surface area contributed by atoms with Crippen molar-refractivity contribution < 1.29 is 14.4 Å². The van der Waals surface area contributed by atoms with Gasteiger partial charge in [0.15, 0.2) is 0 Å². The first-order valence-electron chi connectivity index (χ1n) is 5.62. The predicted octanol–water partition coefficient (Wildman–Crippen LogP) is 1.63. The lowest BCUT2D eigenvalue weighted by atomic mass is 9.97. The van der Waals surface area contributed by atoms with Crippen molar-refractivity contribution in [3.63, 3.8) is 0 Å². The standard InChI is InChI=1S/C11H18N2O3/c1-11(2,3)16-10(14)13-5-4-8-7-15-12-9(8)6-13/h8H,4-7H2,1-3H3/t8-/m1/s1. The molecule has 2 heterocycles. The topological polar surface area (TPSA) is 51.1 Å². The highest BCUT2D eigenvalue weighted by Gasteiger charge is 2.33. The fourth-order valence-electron chi connectivity index (χ4n) is 1.86. The van der Waals surface area contributed by atoms with Crippen LogP contribution in [0.25, 0.3) is 0 Å². The molecule has 1 fully saturated rings. The third-order valence-corrected chi connectivity index (χ3v) is 2.68. The summed E-state index contributed by atoms with van der Waals surface area (Å²) in [5, 5.41) is 3.95. The quantitative estimate of drug-likeness (QED) is 0.630. The first-order chi connectivity index (χ1) is 7.46. The SMILES string of the molecule is CC(C)(C)OC(=O)N1CC[C@@H]2CON=C2C1. The van der Waals surface area contributed by atoms with Gasteiger partial charge in [-0.25, -0.2) is 4.79 Å². The van der Waals surface area contributed by atoms with Crippen LogP contribution in [0.3, 0.4) is 0 Å². The number of carbonyl (C=O) groups is 1. The molecule has 1 amide bonds. The number of ether oxygens (including phenoxy) is 1. The van der Waals surface area contributed by atoms with Crippen LogP contribution in [0, 0.1) is 5.92 Å². The molecule has 0 saturated carbocycles. The normalized spacial score (nSPS) is 24.6. The second-order valence-electron chi connectivity index (χ2n) is 5.27. The first-order valence-corrected chi connectivity index (χ1v) is 5.62. The molecule has 1 atom stereocenters. The van der Waals surface area contributed by atoms with Gasteiger partial charge in [0.2, 0.25) is 0 Å². The fraction of sp³-hybridized carbons (Fsp3) is 0.818. The number of carbonyl (C=O) groups excluding carboxylic acids is 1. The molecule has 0 aliphatic carbocycles. The average molecular weight is 226 g/mol. The summed E-state index contributed by atoms with van der Waals surface area (Å²) in [7, 11) is 0. The predicted molar refractivity (Wildman–Crippen MR) is 59.3 cm³/mol. The first kappa shape index (κ1) is 11.2. The van der Waals surface area contributed by atoms with Crippen molar-refractivity contribution in [1.82, 2.24) is 4.90 Å². The van der Waals surface area contributed by atoms with Crippen LogP contribution in [0.2, 0.25) is 0 Å². The lowest BCUT2D eigenvalue weighted by Gasteiger charge is -2.31. The minimum absolute atomic E-state index is 0.263. The number of likely N-dealkylation sites (tertiary alicyclic amines) is 1. The molecular weight excluding hydrogens is 208 g/mol. The van der Waals surface area contributed by atoms with Gasteiger partial charge in [0.05, 0.1) is 12.3 Å². The molecule has 16 heavy (non-hydrogen) atoms. The molecule has 0 bridgehead atoms. The number of amides is 1. The van der Waals surface area contributed by atoms with E-state index in [2.05, 4.69) is 5.16 Å². The Hall–Kier alpha value is -1.26. The molecule has 0 aromatic rings. The lowest BCUT2D eigenvalue weighted by Crippen LogP contribution is -2.45. The van der Waals surface area contributed by atoms with Gasteiger partial charge in [-0.15, -0.1) is 0 Å². The highest BCUT2D eigenvalue weighted by molar-refractivity contribution is 5.92. The highest BCUT2D eigenvalue weighted by atomic mass is 16.6. The van der Waals surface area contributed by atoms with E-state index in [0.29, 0.717) is 19.1 Å². The van der Waals surface area contributed by atoms with Crippen LogP contribution in [-0.4, -0.2) is 42.0 Å². The molecular formula is C11H18N2O3. The second-order valence-corrected chi connectivity index (χ2v) is 5.27. The van der Waals surface area contributed by atoms with Crippen LogP contribution in [0.15, 0.2) is 5.16 Å². The van der Waals surface area contributed by atoms with Gasteiger partial charge >= 0.3 is 6.09 Å². The van der Waals surface area contributed by atoms with Crippen LogP contribution in [-0.2, 0) is 9.57 Å². The van der Waals surface area contributed by atoms with Crippen molar-refractivity contribution in [2.24, 2.45) is 11.1 Å². The van der Waals surface area contributed by atoms with Crippen LogP contribution < -0.4 is 0 Å². The zero-order valence-corrected chi connectivity index (χ0v) is 10.0. The average Bonchev–Trinajstić information content (AvgIpc) is 2.61. The molecule has 2 aliphatic heterocycles. The van der Waals surface area contributed by atoms with Crippen molar-refractivity contribution in [3.05, 3.63) is 0 Å². The van der Waals surface area contributed by atoms with E-state index < -0.39 is 5.60 Å². The molecule has 0 unspecified atom stereocenters. The van der Waals surface area contributed by atoms with Gasteiger partial charge in [0, 0.05) is 12.5 Å². The summed E-state index contributed by atoms with van der Waals surface area (Å²) < 4.78 is 5.32. The Morgan fingerprint density at radius 2 is 2.31 bits per heavy atom. The van der Waals surface area contributed by atoms with Crippen LogP contribution in [0.4, 0.5) is 4.79 Å². The van der Waals surface area contributed by atoms with E-state index >= 15 is 0 Å². The molecule has 0 aromatic heterocycles. The minimum atomic E-state index is -0.443. The maximum atomic E-state index is 11.8. The molecule has 5 heteroatoms. The second kappa shape index (κ2) is 3.96. The number of fused-ring (bicyclic) bond motifs is 1. The van der Waals surface area contributed by atoms with Gasteiger partial charge in [-0.3, -0.25) is 0 Å². The number of nitrogens with zero attached hydrogens (tertiary/aromatic N) is 2. The Morgan fingerprint density at radius 3 is 3.00 bits per heavy atom. The maximum absolute atomic E-state index is 11.8. The van der Waals surface area contributed by atoms with E-state index in [-0.39, 0.29) is 6.09 Å². The number of rotatable bonds is 0. The zero-order valence-electron chi connectivity index (χ0n) is 10.0. The van der Waals surface area contributed by atoms with E-state index in [0.717, 1.165) is 18.7 Å². The van der Waals surface area contributed by atoms with Crippen molar-refractivity contribution in [2.75, 3.05) is 19.7 Å². The molecule has 0 radical (unpaired) electrons. The maximum Gasteiger partial charge on any atom is 0.410 e. The Kier molecular flexibility index (Phi) is 2.78. The lowest BCUT2D eigenvalue weighted by molar-refractivity contribution is 0.0255. The van der Waals surface area contributed by atoms with Crippen molar-refractivity contribution in [3.8, 4) is 0 Å². The van der Waals surface area contributed by atoms with E-state index in [1.165, 1.54) is 0 Å². The van der Waals surface area contributed by atoms with E-state index in [4.69, 9.17) is 9.57 Å². The Bertz CT molecular complexity index is 320. The molecule has 1 saturated heterocycles. The van der Waals surface area contributed by atoms with E-state index in [1.807, 2.05) is 20.8 Å². The summed E-state index contributed by atoms with van der Waals surface area (Å²) in [6.07, 6.45) is 0.651. The van der Waals surface area contributed by atoms with Gasteiger partial charge in [-0.2, -0.15) is 0 Å². The molecule has 0 aromatic carbocycles. The van der Waals surface area contributed by atoms with Gasteiger partial charge in [-0.1, -0.05) is 5.16 Å². The Balaban J connectivity index is 1.94. The summed E-state index contributed by atoms with van der Waals surface area (Å²) in [5.41, 5.74) is 0.527. The third kappa shape index (κ3) is 2.46. The van der Waals surface area contributed by atoms with E-state index in [9.17, 15) is 4.79 Å². The third-order valence-electron chi connectivity index (χ3n) is 2.68. The fourth-order valence-corrected chi connectivity index (χ4v) is 1.86. The van der Waals surface area contributed by atoms with Crippen molar-refractivity contribution in [2.45, 2.75) is 32.8 Å². The number of oxime groups is 1. The van der Waals surface area contributed by atoms with E-state index in [1.54, 1.807) is 4.90 Å². The number of piperidine rings is 1. The largest absolute Gasteiger partial charge is 0.444 e. The van der Waals surface area contributed by atoms with Crippen molar-refractivity contribution >= 4 is 11.8 Å². The van der Waals surface area contributed by atoms with Gasteiger partial charge in [-0.05, 0) is 27.2 Å². The molecule has 2 rings (SSSR count). The smallest absolute Gasteiger partial charge is 0.410 e. The minimum Gasteiger partial charge on any atom is -0.444 e. The highest BCUT2D eigenvalue weighted by Crippen LogP contribution is 2.22. The number of hydrogen-bond donors (Lipinski definition) is 0. The van der Waals surface area contributed by atoms with Crippen molar-refractivity contribution in [1.29, 1.82) is 0 Å². The van der Waals surface area contributed by atoms with Crippen LogP contribution >= 0.6 is 0 Å². The molecule has 90 valence electrons. The van der Waals surface area contributed by atoms with Gasteiger partial charge in [0.1, 0.15) is 12.2 Å². The molecule has 0 N–H and O–H groups in total. The van der Waals surface area contributed by atoms with Gasteiger partial charge in [0.25, 0.3) is 0 Å². The molecule has 2 aliphatic rings. The van der Waals surface area contributed by atoms with Crippen LogP contribution in [0.5, 0.6) is 0 Å². The summed E-state index contributed by atoms with van der Waals surface area (Å²) in [4.78, 5) is 18.5. The summed E-state index contributed by atoms with van der Waals surface area (Å²) >= 11 is 0. The zero-order chi connectivity index (χ0) is 11.8.